The molecule has 0 fully saturated rings. The molecule has 1 aromatic rings. The molecule has 0 aliphatic heterocycles. The van der Waals surface area contributed by atoms with Gasteiger partial charge < -0.3 is 11.1 Å². The molecular weight excluding hydrogens is 210 g/mol. The highest BCUT2D eigenvalue weighted by molar-refractivity contribution is 7.12. The van der Waals surface area contributed by atoms with Crippen LogP contribution in [0.4, 0.5) is 14.5 Å². The van der Waals surface area contributed by atoms with E-state index in [9.17, 15) is 13.6 Å². The second-order valence-electron chi connectivity index (χ2n) is 2.84. The van der Waals surface area contributed by atoms with Crippen LogP contribution in [0.25, 0.3) is 0 Å². The van der Waals surface area contributed by atoms with E-state index in [1.807, 2.05) is 0 Å². The molecule has 0 aliphatic carbocycles. The first-order valence-corrected chi connectivity index (χ1v) is 4.81. The van der Waals surface area contributed by atoms with Crippen molar-refractivity contribution >= 4 is 22.9 Å². The number of anilines is 1. The minimum Gasteiger partial charge on any atom is -0.398 e. The predicted octanol–water partition coefficient (Wildman–Crippen LogP) is 1.71. The molecule has 3 nitrogen and oxygen atoms in total. The lowest BCUT2D eigenvalue weighted by molar-refractivity contribution is 0.0783. The Morgan fingerprint density at radius 1 is 1.64 bits per heavy atom. The number of carbonyl (C=O) groups is 1. The number of hydrogen-bond acceptors (Lipinski definition) is 3. The van der Waals surface area contributed by atoms with Gasteiger partial charge in [0.1, 0.15) is 0 Å². The summed E-state index contributed by atoms with van der Waals surface area (Å²) in [6.07, 6.45) is -2.56. The molecule has 0 spiro atoms. The molecule has 78 valence electrons. The van der Waals surface area contributed by atoms with E-state index in [1.54, 1.807) is 5.38 Å². The first-order valence-electron chi connectivity index (χ1n) is 3.93. The van der Waals surface area contributed by atoms with Crippen molar-refractivity contribution < 1.29 is 13.6 Å². The highest BCUT2D eigenvalue weighted by Gasteiger charge is 2.18. The van der Waals surface area contributed by atoms with Crippen LogP contribution in [-0.4, -0.2) is 18.4 Å². The van der Waals surface area contributed by atoms with Crippen molar-refractivity contribution in [2.45, 2.75) is 19.4 Å². The summed E-state index contributed by atoms with van der Waals surface area (Å²) in [6, 6.07) is 0.309. The van der Waals surface area contributed by atoms with Gasteiger partial charge in [-0.2, -0.15) is 0 Å². The summed E-state index contributed by atoms with van der Waals surface area (Å²) in [5, 5.41) is 3.76. The van der Waals surface area contributed by atoms with Gasteiger partial charge in [-0.25, -0.2) is 8.78 Å². The Kier molecular flexibility index (Phi) is 3.40. The van der Waals surface area contributed by atoms with Crippen LogP contribution in [0.5, 0.6) is 0 Å². The Hall–Kier alpha value is -1.17. The summed E-state index contributed by atoms with van der Waals surface area (Å²) in [5.41, 5.74) is 5.85. The first kappa shape index (κ1) is 10.9. The van der Waals surface area contributed by atoms with Crippen molar-refractivity contribution in [3.8, 4) is 0 Å². The third-order valence-corrected chi connectivity index (χ3v) is 2.53. The van der Waals surface area contributed by atoms with Gasteiger partial charge in [-0.3, -0.25) is 4.79 Å². The molecule has 0 aliphatic rings. The smallest absolute Gasteiger partial charge is 0.261 e. The number of carbonyl (C=O) groups excluding carboxylic acids is 1. The lowest BCUT2D eigenvalue weighted by Crippen LogP contribution is -2.37. The Bertz CT molecular complexity index is 327. The first-order chi connectivity index (χ1) is 6.50. The van der Waals surface area contributed by atoms with E-state index >= 15 is 0 Å². The number of hydrogen-bond donors (Lipinski definition) is 2. The number of halogens is 2. The molecule has 0 saturated heterocycles. The number of amides is 1. The molecule has 0 aromatic carbocycles. The maximum absolute atomic E-state index is 12.1. The summed E-state index contributed by atoms with van der Waals surface area (Å²) in [7, 11) is 0. The van der Waals surface area contributed by atoms with Crippen LogP contribution in [0.15, 0.2) is 11.4 Å². The number of rotatable bonds is 3. The maximum Gasteiger partial charge on any atom is 0.261 e. The van der Waals surface area contributed by atoms with Crippen molar-refractivity contribution in [2.24, 2.45) is 0 Å². The summed E-state index contributed by atoms with van der Waals surface area (Å²) in [6.45, 7) is 1.25. The minimum absolute atomic E-state index is 0.343. The van der Waals surface area contributed by atoms with Gasteiger partial charge in [0.15, 0.2) is 0 Å². The van der Waals surface area contributed by atoms with Crippen molar-refractivity contribution in [2.75, 3.05) is 5.73 Å². The standard InChI is InChI=1S/C8H10F2N2OS/c1-4(7(9)10)12-8(13)6-2-5(11)3-14-6/h2-4,7H,11H2,1H3,(H,12,13). The zero-order valence-corrected chi connectivity index (χ0v) is 8.28. The second-order valence-corrected chi connectivity index (χ2v) is 3.75. The van der Waals surface area contributed by atoms with Crippen LogP contribution in [0.3, 0.4) is 0 Å². The Balaban J connectivity index is 2.59. The van der Waals surface area contributed by atoms with E-state index < -0.39 is 18.4 Å². The molecule has 1 aromatic heterocycles. The fourth-order valence-electron chi connectivity index (χ4n) is 0.811. The van der Waals surface area contributed by atoms with Gasteiger partial charge in [0, 0.05) is 11.1 Å². The summed E-state index contributed by atoms with van der Waals surface area (Å²) < 4.78 is 24.1. The Morgan fingerprint density at radius 2 is 2.29 bits per heavy atom. The molecule has 1 heterocycles. The third kappa shape index (κ3) is 2.66. The van der Waals surface area contributed by atoms with E-state index in [0.717, 1.165) is 11.3 Å². The molecule has 1 rings (SSSR count). The van der Waals surface area contributed by atoms with Gasteiger partial charge in [0.25, 0.3) is 12.3 Å². The monoisotopic (exact) mass is 220 g/mol. The van der Waals surface area contributed by atoms with Crippen molar-refractivity contribution in [1.29, 1.82) is 0 Å². The lowest BCUT2D eigenvalue weighted by Gasteiger charge is -2.11. The van der Waals surface area contributed by atoms with Gasteiger partial charge in [0.2, 0.25) is 0 Å². The third-order valence-electron chi connectivity index (χ3n) is 1.58. The molecule has 1 amide bonds. The normalized spacial score (nSPS) is 12.9. The molecule has 6 heteroatoms. The minimum atomic E-state index is -2.56. The molecule has 1 unspecified atom stereocenters. The summed E-state index contributed by atoms with van der Waals surface area (Å²) in [5.74, 6) is -0.514. The maximum atomic E-state index is 12.1. The average molecular weight is 220 g/mol. The second kappa shape index (κ2) is 4.36. The molecule has 1 atom stereocenters. The molecule has 14 heavy (non-hydrogen) atoms. The number of nitrogen functional groups attached to an aromatic ring is 1. The number of nitrogens with one attached hydrogen (secondary N) is 1. The van der Waals surface area contributed by atoms with E-state index in [2.05, 4.69) is 5.32 Å². The highest BCUT2D eigenvalue weighted by atomic mass is 32.1. The zero-order chi connectivity index (χ0) is 10.7. The van der Waals surface area contributed by atoms with E-state index in [4.69, 9.17) is 5.73 Å². The predicted molar refractivity (Wildman–Crippen MR) is 51.7 cm³/mol. The lowest BCUT2D eigenvalue weighted by atomic mass is 10.3. The molecule has 0 saturated carbocycles. The molecule has 0 radical (unpaired) electrons. The van der Waals surface area contributed by atoms with Crippen molar-refractivity contribution in [3.05, 3.63) is 16.3 Å². The van der Waals surface area contributed by atoms with Crippen LogP contribution >= 0.6 is 11.3 Å². The zero-order valence-electron chi connectivity index (χ0n) is 7.46. The molecule has 3 N–H and O–H groups in total. The van der Waals surface area contributed by atoms with Gasteiger partial charge in [-0.1, -0.05) is 0 Å². The van der Waals surface area contributed by atoms with Crippen LogP contribution in [0.2, 0.25) is 0 Å². The van der Waals surface area contributed by atoms with Crippen LogP contribution in [0, 0.1) is 0 Å². The van der Waals surface area contributed by atoms with Crippen LogP contribution in [-0.2, 0) is 0 Å². The Labute approximate surface area is 83.9 Å². The number of nitrogens with two attached hydrogens (primary N) is 1. The van der Waals surface area contributed by atoms with Crippen LogP contribution < -0.4 is 11.1 Å². The van der Waals surface area contributed by atoms with E-state index in [-0.39, 0.29) is 0 Å². The van der Waals surface area contributed by atoms with Crippen molar-refractivity contribution in [3.63, 3.8) is 0 Å². The highest BCUT2D eigenvalue weighted by Crippen LogP contribution is 2.16. The fourth-order valence-corrected chi connectivity index (χ4v) is 1.51. The summed E-state index contributed by atoms with van der Waals surface area (Å²) in [4.78, 5) is 11.6. The van der Waals surface area contributed by atoms with E-state index in [0.29, 0.717) is 10.6 Å². The molecular formula is C8H10F2N2OS. The van der Waals surface area contributed by atoms with E-state index in [1.165, 1.54) is 13.0 Å². The van der Waals surface area contributed by atoms with Gasteiger partial charge >= 0.3 is 0 Å². The van der Waals surface area contributed by atoms with Crippen LogP contribution in [0.1, 0.15) is 16.6 Å². The van der Waals surface area contributed by atoms with Crippen molar-refractivity contribution in [1.82, 2.24) is 5.32 Å². The van der Waals surface area contributed by atoms with Gasteiger partial charge in [-0.05, 0) is 13.0 Å². The van der Waals surface area contributed by atoms with Gasteiger partial charge in [-0.15, -0.1) is 11.3 Å². The fraction of sp³-hybridized carbons (Fsp3) is 0.375. The SMILES string of the molecule is CC(NC(=O)c1cc(N)cs1)C(F)F. The topological polar surface area (TPSA) is 55.1 Å². The average Bonchev–Trinajstić information content (AvgIpc) is 2.51. The molecule has 0 bridgehead atoms. The largest absolute Gasteiger partial charge is 0.398 e. The Morgan fingerprint density at radius 3 is 2.71 bits per heavy atom. The number of alkyl halides is 2. The number of thiophene rings is 1. The quantitative estimate of drug-likeness (QED) is 0.814. The summed E-state index contributed by atoms with van der Waals surface area (Å²) >= 11 is 1.13. The van der Waals surface area contributed by atoms with Gasteiger partial charge in [0.05, 0.1) is 10.9 Å².